The molecule has 2 aliphatic rings. The van der Waals surface area contributed by atoms with E-state index in [1.807, 2.05) is 0 Å². The third-order valence-electron chi connectivity index (χ3n) is 5.08. The van der Waals surface area contributed by atoms with E-state index in [-0.39, 0.29) is 11.9 Å². The van der Waals surface area contributed by atoms with Crippen LogP contribution >= 0.6 is 0 Å². The first-order valence-electron chi connectivity index (χ1n) is 7.69. The van der Waals surface area contributed by atoms with Crippen LogP contribution in [0.4, 0.5) is 0 Å². The van der Waals surface area contributed by atoms with Crippen molar-refractivity contribution in [2.75, 3.05) is 20.2 Å². The van der Waals surface area contributed by atoms with Crippen LogP contribution in [-0.4, -0.2) is 36.1 Å². The predicted molar refractivity (Wildman–Crippen MR) is 81.1 cm³/mol. The number of nitrogens with one attached hydrogen (secondary N) is 1. The van der Waals surface area contributed by atoms with Gasteiger partial charge in [-0.25, -0.2) is 0 Å². The number of hydrogen-bond acceptors (Lipinski definition) is 3. The highest BCUT2D eigenvalue weighted by Gasteiger charge is 2.38. The number of nitrogens with zero attached hydrogens (tertiary/aromatic N) is 1. The smallest absolute Gasteiger partial charge is 0.308 e. The maximum Gasteiger partial charge on any atom is 0.308 e. The Hall–Kier alpha value is -1.81. The topological polar surface area (TPSA) is 45.3 Å². The van der Waals surface area contributed by atoms with Crippen LogP contribution in [0, 0.1) is 5.92 Å². The zero-order chi connectivity index (χ0) is 14.4. The van der Waals surface area contributed by atoms with Crippen molar-refractivity contribution in [1.29, 1.82) is 0 Å². The van der Waals surface area contributed by atoms with Gasteiger partial charge in [0, 0.05) is 23.1 Å². The molecule has 4 rings (SSSR count). The summed E-state index contributed by atoms with van der Waals surface area (Å²) in [5.74, 6) is -0.0218. The molecule has 3 heterocycles. The SMILES string of the molecule is COC(=O)[C@@H]1CCN2CCc3c([nH]c4ccccc34)[C@@H]2C1. The number of H-pyrrole nitrogens is 1. The van der Waals surface area contributed by atoms with Gasteiger partial charge in [0.2, 0.25) is 0 Å². The van der Waals surface area contributed by atoms with Crippen molar-refractivity contribution in [3.05, 3.63) is 35.5 Å². The molecule has 0 bridgehead atoms. The molecule has 0 aliphatic carbocycles. The lowest BCUT2D eigenvalue weighted by Crippen LogP contribution is -2.43. The van der Waals surface area contributed by atoms with Gasteiger partial charge in [-0.2, -0.15) is 0 Å². The first kappa shape index (κ1) is 12.9. The maximum absolute atomic E-state index is 11.9. The van der Waals surface area contributed by atoms with E-state index in [9.17, 15) is 4.79 Å². The number of aromatic amines is 1. The Morgan fingerprint density at radius 1 is 1.33 bits per heavy atom. The molecule has 4 nitrogen and oxygen atoms in total. The van der Waals surface area contributed by atoms with Crippen molar-refractivity contribution in [3.8, 4) is 0 Å². The standard InChI is InChI=1S/C17H20N2O2/c1-21-17(20)11-6-8-19-9-7-13-12-4-2-3-5-14(12)18-16(13)15(19)10-11/h2-5,11,15,18H,6-10H2,1H3/t11-,15+/m1/s1. The van der Waals surface area contributed by atoms with Gasteiger partial charge >= 0.3 is 5.97 Å². The number of methoxy groups -OCH3 is 1. The molecule has 2 aromatic rings. The second kappa shape index (κ2) is 4.88. The fourth-order valence-corrected chi connectivity index (χ4v) is 3.99. The number of esters is 1. The van der Waals surface area contributed by atoms with Crippen LogP contribution in [0.25, 0.3) is 10.9 Å². The highest BCUT2D eigenvalue weighted by atomic mass is 16.5. The summed E-state index contributed by atoms with van der Waals surface area (Å²) in [6, 6.07) is 8.83. The Morgan fingerprint density at radius 3 is 3.05 bits per heavy atom. The summed E-state index contributed by atoms with van der Waals surface area (Å²) in [4.78, 5) is 18.0. The van der Waals surface area contributed by atoms with Gasteiger partial charge in [0.15, 0.2) is 0 Å². The van der Waals surface area contributed by atoms with Crippen molar-refractivity contribution in [1.82, 2.24) is 9.88 Å². The molecule has 0 saturated carbocycles. The van der Waals surface area contributed by atoms with Crippen molar-refractivity contribution < 1.29 is 9.53 Å². The van der Waals surface area contributed by atoms with Gasteiger partial charge in [-0.3, -0.25) is 9.69 Å². The lowest BCUT2D eigenvalue weighted by molar-refractivity contribution is -0.148. The van der Waals surface area contributed by atoms with E-state index >= 15 is 0 Å². The quantitative estimate of drug-likeness (QED) is 0.819. The lowest BCUT2D eigenvalue weighted by atomic mass is 9.85. The number of benzene rings is 1. The summed E-state index contributed by atoms with van der Waals surface area (Å²) in [7, 11) is 1.49. The molecule has 0 amide bonds. The number of para-hydroxylation sites is 1. The van der Waals surface area contributed by atoms with Gasteiger partial charge < -0.3 is 9.72 Å². The average molecular weight is 284 g/mol. The number of ether oxygens (including phenoxy) is 1. The van der Waals surface area contributed by atoms with E-state index in [0.29, 0.717) is 6.04 Å². The molecule has 2 atom stereocenters. The van der Waals surface area contributed by atoms with E-state index < -0.39 is 0 Å². The highest BCUT2D eigenvalue weighted by Crippen LogP contribution is 2.41. The summed E-state index contributed by atoms with van der Waals surface area (Å²) in [5.41, 5.74) is 3.97. The number of carbonyl (C=O) groups is 1. The Bertz CT molecular complexity index is 691. The summed E-state index contributed by atoms with van der Waals surface area (Å²) in [6.07, 6.45) is 2.88. The summed E-state index contributed by atoms with van der Waals surface area (Å²) < 4.78 is 4.95. The van der Waals surface area contributed by atoms with Gasteiger partial charge in [-0.05, 0) is 37.4 Å². The summed E-state index contributed by atoms with van der Waals surface area (Å²) >= 11 is 0. The molecule has 1 fully saturated rings. The molecule has 1 N–H and O–H groups in total. The number of carbonyl (C=O) groups excluding carboxylic acids is 1. The monoisotopic (exact) mass is 284 g/mol. The Balaban J connectivity index is 1.73. The van der Waals surface area contributed by atoms with Crippen LogP contribution in [0.3, 0.4) is 0 Å². The van der Waals surface area contributed by atoms with Crippen LogP contribution < -0.4 is 0 Å². The van der Waals surface area contributed by atoms with Crippen molar-refractivity contribution >= 4 is 16.9 Å². The second-order valence-electron chi connectivity index (χ2n) is 6.11. The first-order chi connectivity index (χ1) is 10.3. The molecule has 4 heteroatoms. The molecule has 1 saturated heterocycles. The molecule has 21 heavy (non-hydrogen) atoms. The van der Waals surface area contributed by atoms with Gasteiger partial charge in [0.25, 0.3) is 0 Å². The van der Waals surface area contributed by atoms with Crippen LogP contribution in [-0.2, 0) is 16.0 Å². The zero-order valence-electron chi connectivity index (χ0n) is 12.3. The minimum absolute atomic E-state index is 0.0358. The van der Waals surface area contributed by atoms with Crippen LogP contribution in [0.15, 0.2) is 24.3 Å². The molecule has 0 spiro atoms. The second-order valence-corrected chi connectivity index (χ2v) is 6.11. The Morgan fingerprint density at radius 2 is 2.19 bits per heavy atom. The van der Waals surface area contributed by atoms with E-state index in [2.05, 4.69) is 34.1 Å². The molecule has 1 aromatic carbocycles. The Labute approximate surface area is 124 Å². The van der Waals surface area contributed by atoms with Crippen LogP contribution in [0.1, 0.15) is 30.1 Å². The average Bonchev–Trinajstić information content (AvgIpc) is 2.92. The minimum atomic E-state index is -0.0575. The van der Waals surface area contributed by atoms with Crippen molar-refractivity contribution in [2.24, 2.45) is 5.92 Å². The first-order valence-corrected chi connectivity index (χ1v) is 7.69. The van der Waals surface area contributed by atoms with E-state index in [1.54, 1.807) is 0 Å². The Kier molecular flexibility index (Phi) is 3.00. The van der Waals surface area contributed by atoms with Crippen molar-refractivity contribution in [3.63, 3.8) is 0 Å². The van der Waals surface area contributed by atoms with Gasteiger partial charge in [0.1, 0.15) is 0 Å². The van der Waals surface area contributed by atoms with E-state index in [4.69, 9.17) is 4.74 Å². The van der Waals surface area contributed by atoms with E-state index in [1.165, 1.54) is 29.3 Å². The van der Waals surface area contributed by atoms with Gasteiger partial charge in [-0.1, -0.05) is 18.2 Å². The lowest BCUT2D eigenvalue weighted by Gasteiger charge is -2.41. The molecular formula is C17H20N2O2. The molecule has 2 aliphatic heterocycles. The fraction of sp³-hybridized carbons (Fsp3) is 0.471. The number of hydrogen-bond donors (Lipinski definition) is 1. The van der Waals surface area contributed by atoms with Gasteiger partial charge in [0.05, 0.1) is 19.1 Å². The largest absolute Gasteiger partial charge is 0.469 e. The number of piperidine rings is 1. The third-order valence-corrected chi connectivity index (χ3v) is 5.08. The highest BCUT2D eigenvalue weighted by molar-refractivity contribution is 5.85. The fourth-order valence-electron chi connectivity index (χ4n) is 3.99. The minimum Gasteiger partial charge on any atom is -0.469 e. The molecule has 110 valence electrons. The number of aromatic nitrogens is 1. The van der Waals surface area contributed by atoms with E-state index in [0.717, 1.165) is 32.4 Å². The summed E-state index contributed by atoms with van der Waals surface area (Å²) in [6.45, 7) is 2.08. The molecule has 0 radical (unpaired) electrons. The number of fused-ring (bicyclic) bond motifs is 5. The predicted octanol–water partition coefficient (Wildman–Crippen LogP) is 2.65. The number of rotatable bonds is 1. The maximum atomic E-state index is 11.9. The van der Waals surface area contributed by atoms with Crippen LogP contribution in [0.5, 0.6) is 0 Å². The molecular weight excluding hydrogens is 264 g/mol. The normalized spacial score (nSPS) is 25.4. The molecule has 0 unspecified atom stereocenters. The van der Waals surface area contributed by atoms with Gasteiger partial charge in [-0.15, -0.1) is 0 Å². The third kappa shape index (κ3) is 1.97. The van der Waals surface area contributed by atoms with Crippen LogP contribution in [0.2, 0.25) is 0 Å². The zero-order valence-corrected chi connectivity index (χ0v) is 12.3. The summed E-state index contributed by atoms with van der Waals surface area (Å²) in [5, 5.41) is 1.34. The molecule has 1 aromatic heterocycles. The van der Waals surface area contributed by atoms with Crippen molar-refractivity contribution in [2.45, 2.75) is 25.3 Å².